The number of hydrogen-bond donors (Lipinski definition) is 2. The second-order valence-corrected chi connectivity index (χ2v) is 5.33. The molecule has 0 spiro atoms. The summed E-state index contributed by atoms with van der Waals surface area (Å²) in [5, 5.41) is 6.50. The Morgan fingerprint density at radius 1 is 1.37 bits per heavy atom. The lowest BCUT2D eigenvalue weighted by Crippen LogP contribution is -2.38. The SMILES string of the molecule is COC[C@H](C)NC(=S)Nc1ccc(SC(F)F)cc1. The van der Waals surface area contributed by atoms with Crippen molar-refractivity contribution in [2.75, 3.05) is 19.0 Å². The van der Waals surface area contributed by atoms with Crippen LogP contribution >= 0.6 is 24.0 Å². The lowest BCUT2D eigenvalue weighted by molar-refractivity contribution is 0.179. The van der Waals surface area contributed by atoms with Crippen LogP contribution in [-0.4, -0.2) is 30.6 Å². The second-order valence-electron chi connectivity index (χ2n) is 3.86. The highest BCUT2D eigenvalue weighted by Crippen LogP contribution is 2.26. The van der Waals surface area contributed by atoms with Crippen molar-refractivity contribution in [2.24, 2.45) is 0 Å². The van der Waals surface area contributed by atoms with Crippen molar-refractivity contribution in [3.8, 4) is 0 Å². The number of alkyl halides is 2. The topological polar surface area (TPSA) is 33.3 Å². The van der Waals surface area contributed by atoms with Crippen LogP contribution in [0.4, 0.5) is 14.5 Å². The number of anilines is 1. The van der Waals surface area contributed by atoms with E-state index >= 15 is 0 Å². The first kappa shape index (κ1) is 16.1. The Morgan fingerprint density at radius 3 is 2.53 bits per heavy atom. The van der Waals surface area contributed by atoms with E-state index in [9.17, 15) is 8.78 Å². The number of halogens is 2. The maximum atomic E-state index is 12.2. The molecule has 0 saturated carbocycles. The first-order valence-electron chi connectivity index (χ1n) is 5.62. The molecule has 1 rings (SSSR count). The monoisotopic (exact) mass is 306 g/mol. The van der Waals surface area contributed by atoms with Gasteiger partial charge >= 0.3 is 0 Å². The maximum absolute atomic E-state index is 12.2. The molecule has 0 aliphatic carbocycles. The van der Waals surface area contributed by atoms with Crippen molar-refractivity contribution in [1.29, 1.82) is 0 Å². The summed E-state index contributed by atoms with van der Waals surface area (Å²) in [5.74, 6) is -2.41. The predicted octanol–water partition coefficient (Wildman–Crippen LogP) is 3.32. The van der Waals surface area contributed by atoms with Crippen LogP contribution in [0.15, 0.2) is 29.2 Å². The number of ether oxygens (including phenoxy) is 1. The zero-order valence-electron chi connectivity index (χ0n) is 10.7. The fourth-order valence-corrected chi connectivity index (χ4v) is 2.22. The molecule has 0 bridgehead atoms. The van der Waals surface area contributed by atoms with Crippen LogP contribution in [0.3, 0.4) is 0 Å². The summed E-state index contributed by atoms with van der Waals surface area (Å²) in [6.45, 7) is 2.49. The summed E-state index contributed by atoms with van der Waals surface area (Å²) in [6, 6.07) is 6.76. The number of methoxy groups -OCH3 is 1. The minimum atomic E-state index is -2.41. The van der Waals surface area contributed by atoms with Crippen molar-refractivity contribution in [3.63, 3.8) is 0 Å². The Kier molecular flexibility index (Phi) is 7.04. The molecule has 0 aliphatic rings. The van der Waals surface area contributed by atoms with Crippen LogP contribution in [-0.2, 0) is 4.74 Å². The molecule has 0 saturated heterocycles. The van der Waals surface area contributed by atoms with E-state index < -0.39 is 5.76 Å². The van der Waals surface area contributed by atoms with E-state index in [4.69, 9.17) is 17.0 Å². The molecular formula is C12H16F2N2OS2. The Bertz CT molecular complexity index is 401. The smallest absolute Gasteiger partial charge is 0.288 e. The molecule has 19 heavy (non-hydrogen) atoms. The number of thiocarbonyl (C=S) groups is 1. The molecule has 1 aromatic rings. The van der Waals surface area contributed by atoms with Gasteiger partial charge in [0.2, 0.25) is 0 Å². The van der Waals surface area contributed by atoms with Gasteiger partial charge in [-0.2, -0.15) is 8.78 Å². The molecule has 106 valence electrons. The molecule has 3 nitrogen and oxygen atoms in total. The van der Waals surface area contributed by atoms with E-state index in [2.05, 4.69) is 10.6 Å². The largest absolute Gasteiger partial charge is 0.383 e. The molecule has 0 fully saturated rings. The number of benzene rings is 1. The second kappa shape index (κ2) is 8.29. The first-order chi connectivity index (χ1) is 9.01. The first-order valence-corrected chi connectivity index (χ1v) is 6.91. The molecule has 0 unspecified atom stereocenters. The van der Waals surface area contributed by atoms with E-state index in [0.717, 1.165) is 5.69 Å². The van der Waals surface area contributed by atoms with E-state index in [1.807, 2.05) is 6.92 Å². The van der Waals surface area contributed by atoms with Gasteiger partial charge in [-0.25, -0.2) is 0 Å². The average Bonchev–Trinajstić information content (AvgIpc) is 2.31. The summed E-state index contributed by atoms with van der Waals surface area (Å²) in [4.78, 5) is 0.521. The third-order valence-corrected chi connectivity index (χ3v) is 3.07. The molecule has 0 radical (unpaired) electrons. The zero-order valence-corrected chi connectivity index (χ0v) is 12.3. The van der Waals surface area contributed by atoms with Crippen LogP contribution in [0.2, 0.25) is 0 Å². The molecule has 2 N–H and O–H groups in total. The fraction of sp³-hybridized carbons (Fsp3) is 0.417. The van der Waals surface area contributed by atoms with Crippen LogP contribution in [0.5, 0.6) is 0 Å². The van der Waals surface area contributed by atoms with Crippen LogP contribution in [0.25, 0.3) is 0 Å². The highest BCUT2D eigenvalue weighted by molar-refractivity contribution is 7.99. The standard InChI is InChI=1S/C12H16F2N2OS2/c1-8(7-17-2)15-12(18)16-9-3-5-10(6-4-9)19-11(13)14/h3-6,8,11H,7H2,1-2H3,(H2,15,16,18)/t8-/m0/s1. The molecular weight excluding hydrogens is 290 g/mol. The third-order valence-electron chi connectivity index (χ3n) is 2.13. The zero-order chi connectivity index (χ0) is 14.3. The Morgan fingerprint density at radius 2 is 2.00 bits per heavy atom. The third kappa shape index (κ3) is 6.70. The van der Waals surface area contributed by atoms with Gasteiger partial charge in [-0.15, -0.1) is 0 Å². The lowest BCUT2D eigenvalue weighted by atomic mass is 10.3. The number of nitrogens with one attached hydrogen (secondary N) is 2. The number of hydrogen-bond acceptors (Lipinski definition) is 3. The normalized spacial score (nSPS) is 12.3. The molecule has 0 heterocycles. The van der Waals surface area contributed by atoms with Crippen LogP contribution < -0.4 is 10.6 Å². The summed E-state index contributed by atoms with van der Waals surface area (Å²) in [5.41, 5.74) is 0.751. The van der Waals surface area contributed by atoms with Gasteiger partial charge < -0.3 is 15.4 Å². The molecule has 1 atom stereocenters. The Balaban J connectivity index is 2.46. The average molecular weight is 306 g/mol. The highest BCUT2D eigenvalue weighted by atomic mass is 32.2. The van der Waals surface area contributed by atoms with Crippen LogP contribution in [0, 0.1) is 0 Å². The van der Waals surface area contributed by atoms with Crippen molar-refractivity contribution >= 4 is 34.8 Å². The maximum Gasteiger partial charge on any atom is 0.288 e. The summed E-state index contributed by atoms with van der Waals surface area (Å²) < 4.78 is 29.3. The van der Waals surface area contributed by atoms with Gasteiger partial charge in [0.1, 0.15) is 0 Å². The van der Waals surface area contributed by atoms with Crippen molar-refractivity contribution in [2.45, 2.75) is 23.6 Å². The van der Waals surface area contributed by atoms with Gasteiger partial charge in [0, 0.05) is 23.7 Å². The Hall–Kier alpha value is -0.920. The van der Waals surface area contributed by atoms with Crippen molar-refractivity contribution in [3.05, 3.63) is 24.3 Å². The molecule has 1 aromatic carbocycles. The predicted molar refractivity (Wildman–Crippen MR) is 79.0 cm³/mol. The van der Waals surface area contributed by atoms with Crippen molar-refractivity contribution in [1.82, 2.24) is 5.32 Å². The van der Waals surface area contributed by atoms with Gasteiger partial charge in [-0.1, -0.05) is 11.8 Å². The van der Waals surface area contributed by atoms with E-state index in [1.165, 1.54) is 0 Å². The van der Waals surface area contributed by atoms with Crippen LogP contribution in [0.1, 0.15) is 6.92 Å². The van der Waals surface area contributed by atoms with Gasteiger partial charge in [-0.05, 0) is 43.4 Å². The van der Waals surface area contributed by atoms with E-state index in [-0.39, 0.29) is 6.04 Å². The van der Waals surface area contributed by atoms with Gasteiger partial charge in [0.25, 0.3) is 5.76 Å². The quantitative estimate of drug-likeness (QED) is 0.622. The van der Waals surface area contributed by atoms with Gasteiger partial charge in [-0.3, -0.25) is 0 Å². The summed E-state index contributed by atoms with van der Waals surface area (Å²) in [7, 11) is 1.62. The minimum Gasteiger partial charge on any atom is -0.383 e. The fourth-order valence-electron chi connectivity index (χ4n) is 1.40. The minimum absolute atomic E-state index is 0.0960. The molecule has 7 heteroatoms. The highest BCUT2D eigenvalue weighted by Gasteiger charge is 2.06. The lowest BCUT2D eigenvalue weighted by Gasteiger charge is -2.16. The van der Waals surface area contributed by atoms with Crippen molar-refractivity contribution < 1.29 is 13.5 Å². The molecule has 0 amide bonds. The summed E-state index contributed by atoms with van der Waals surface area (Å²) in [6.07, 6.45) is 0. The van der Waals surface area contributed by atoms with E-state index in [0.29, 0.717) is 28.4 Å². The molecule has 0 aliphatic heterocycles. The number of thioether (sulfide) groups is 1. The van der Waals surface area contributed by atoms with Gasteiger partial charge in [0.15, 0.2) is 5.11 Å². The number of rotatable bonds is 6. The van der Waals surface area contributed by atoms with E-state index in [1.54, 1.807) is 31.4 Å². The van der Waals surface area contributed by atoms with Gasteiger partial charge in [0.05, 0.1) is 6.61 Å². The summed E-state index contributed by atoms with van der Waals surface area (Å²) >= 11 is 5.64. The molecule has 0 aromatic heterocycles. The Labute approximate surface area is 121 Å².